The van der Waals surface area contributed by atoms with Crippen LogP contribution in [0.2, 0.25) is 5.02 Å². The number of hydrogen-bond acceptors (Lipinski definition) is 4. The summed E-state index contributed by atoms with van der Waals surface area (Å²) >= 11 is 6.61. The van der Waals surface area contributed by atoms with Gasteiger partial charge < -0.3 is 15.8 Å². The van der Waals surface area contributed by atoms with E-state index in [1.807, 2.05) is 48.5 Å². The van der Waals surface area contributed by atoms with Gasteiger partial charge in [-0.05, 0) is 85.5 Å². The lowest BCUT2D eigenvalue weighted by Crippen LogP contribution is -2.37. The highest BCUT2D eigenvalue weighted by atomic mass is 35.5. The summed E-state index contributed by atoms with van der Waals surface area (Å²) in [6.07, 6.45) is 3.91. The van der Waals surface area contributed by atoms with Gasteiger partial charge in [-0.3, -0.25) is 10.1 Å². The van der Waals surface area contributed by atoms with Crippen LogP contribution in [0, 0.1) is 11.8 Å². The molecule has 0 saturated heterocycles. The van der Waals surface area contributed by atoms with Gasteiger partial charge in [0.15, 0.2) is 0 Å². The molecular weight excluding hydrogens is 486 g/mol. The third-order valence-electron chi connectivity index (χ3n) is 7.17. The van der Waals surface area contributed by atoms with Gasteiger partial charge in [-0.2, -0.15) is 0 Å². The molecular formula is C30H34ClN3O3. The fraction of sp³-hybridized carbons (Fsp3) is 0.333. The molecule has 1 unspecified atom stereocenters. The molecule has 7 heteroatoms. The predicted octanol–water partition coefficient (Wildman–Crippen LogP) is 6.35. The number of methoxy groups -OCH3 is 1. The fourth-order valence-electron chi connectivity index (χ4n) is 4.93. The Morgan fingerprint density at radius 1 is 1.00 bits per heavy atom. The lowest BCUT2D eigenvalue weighted by Gasteiger charge is -2.29. The van der Waals surface area contributed by atoms with Crippen LogP contribution in [-0.2, 0) is 16.0 Å². The average molecular weight is 520 g/mol. The molecule has 0 spiro atoms. The number of ether oxygens (including phenoxy) is 1. The number of amides is 2. The Kier molecular flexibility index (Phi) is 9.20. The first-order chi connectivity index (χ1) is 18.0. The van der Waals surface area contributed by atoms with Gasteiger partial charge in [-0.25, -0.2) is 4.79 Å². The molecule has 0 heterocycles. The number of nitrogens with one attached hydrogen (secondary N) is 2. The number of anilines is 1. The molecule has 1 aliphatic rings. The van der Waals surface area contributed by atoms with Crippen molar-refractivity contribution in [1.29, 1.82) is 0 Å². The Labute approximate surface area is 223 Å². The minimum atomic E-state index is -0.524. The van der Waals surface area contributed by atoms with E-state index in [9.17, 15) is 9.59 Å². The SMILES string of the molecule is COC(=O)Nc1ccc(-c2cc(C(Cc3ccccc3)NC(=O)C3CCC(CN)CC3)ccc2Cl)cc1. The Morgan fingerprint density at radius 3 is 2.35 bits per heavy atom. The van der Waals surface area contributed by atoms with Crippen molar-refractivity contribution >= 4 is 29.3 Å². The second-order valence-corrected chi connectivity index (χ2v) is 10.0. The van der Waals surface area contributed by atoms with E-state index in [1.165, 1.54) is 7.11 Å². The van der Waals surface area contributed by atoms with Crippen LogP contribution in [0.4, 0.5) is 10.5 Å². The molecule has 194 valence electrons. The first-order valence-corrected chi connectivity index (χ1v) is 13.1. The Morgan fingerprint density at radius 2 is 1.70 bits per heavy atom. The zero-order valence-corrected chi connectivity index (χ0v) is 21.8. The topological polar surface area (TPSA) is 93.5 Å². The Hall–Kier alpha value is -3.35. The maximum Gasteiger partial charge on any atom is 0.411 e. The standard InChI is InChI=1S/C30H34ClN3O3/c1-37-30(36)33-25-14-11-22(12-15-25)26-18-24(13-16-27(26)31)28(17-20-5-3-2-4-6-20)34-29(35)23-9-7-21(19-32)8-10-23/h2-6,11-16,18,21,23,28H,7-10,17,19,32H2,1H3,(H,33,36)(H,34,35). The van der Waals surface area contributed by atoms with Crippen molar-refractivity contribution in [3.63, 3.8) is 0 Å². The summed E-state index contributed by atoms with van der Waals surface area (Å²) in [7, 11) is 1.32. The predicted molar refractivity (Wildman–Crippen MR) is 148 cm³/mol. The average Bonchev–Trinajstić information content (AvgIpc) is 2.94. The summed E-state index contributed by atoms with van der Waals surface area (Å²) in [6, 6.07) is 23.3. The highest BCUT2D eigenvalue weighted by molar-refractivity contribution is 6.33. The minimum absolute atomic E-state index is 0.0164. The molecule has 1 saturated carbocycles. The van der Waals surface area contributed by atoms with Gasteiger partial charge in [0, 0.05) is 22.2 Å². The van der Waals surface area contributed by atoms with Gasteiger partial charge in [0.25, 0.3) is 0 Å². The molecule has 3 aromatic carbocycles. The number of halogens is 1. The second kappa shape index (κ2) is 12.7. The summed E-state index contributed by atoms with van der Waals surface area (Å²) in [4.78, 5) is 24.8. The Balaban J connectivity index is 1.58. The molecule has 1 aliphatic carbocycles. The molecule has 4 rings (SSSR count). The van der Waals surface area contributed by atoms with Crippen LogP contribution in [0.25, 0.3) is 11.1 Å². The molecule has 0 aliphatic heterocycles. The summed E-state index contributed by atoms with van der Waals surface area (Å²) in [5, 5.41) is 6.61. The van der Waals surface area contributed by atoms with Crippen LogP contribution >= 0.6 is 11.6 Å². The van der Waals surface area contributed by atoms with E-state index in [1.54, 1.807) is 12.1 Å². The zero-order chi connectivity index (χ0) is 26.2. The van der Waals surface area contributed by atoms with Crippen molar-refractivity contribution < 1.29 is 14.3 Å². The monoisotopic (exact) mass is 519 g/mol. The van der Waals surface area contributed by atoms with Gasteiger partial charge in [0.1, 0.15) is 0 Å². The minimum Gasteiger partial charge on any atom is -0.453 e. The normalized spacial score (nSPS) is 18.0. The van der Waals surface area contributed by atoms with E-state index < -0.39 is 6.09 Å². The van der Waals surface area contributed by atoms with Crippen LogP contribution in [-0.4, -0.2) is 25.7 Å². The molecule has 0 radical (unpaired) electrons. The quantitative estimate of drug-likeness (QED) is 0.323. The van der Waals surface area contributed by atoms with Crippen molar-refractivity contribution in [3.05, 3.63) is 88.9 Å². The molecule has 1 atom stereocenters. The highest BCUT2D eigenvalue weighted by Gasteiger charge is 2.27. The van der Waals surface area contributed by atoms with E-state index in [4.69, 9.17) is 17.3 Å². The lowest BCUT2D eigenvalue weighted by molar-refractivity contribution is -0.127. The van der Waals surface area contributed by atoms with Gasteiger partial charge in [-0.1, -0.05) is 60.1 Å². The van der Waals surface area contributed by atoms with Crippen molar-refractivity contribution in [2.75, 3.05) is 19.0 Å². The van der Waals surface area contributed by atoms with Crippen LogP contribution in [0.3, 0.4) is 0 Å². The van der Waals surface area contributed by atoms with Crippen molar-refractivity contribution in [2.24, 2.45) is 17.6 Å². The number of rotatable bonds is 8. The maximum atomic E-state index is 13.3. The smallest absolute Gasteiger partial charge is 0.411 e. The van der Waals surface area contributed by atoms with Crippen LogP contribution in [0.15, 0.2) is 72.8 Å². The van der Waals surface area contributed by atoms with Crippen LogP contribution in [0.5, 0.6) is 0 Å². The number of carbonyl (C=O) groups excluding carboxylic acids is 2. The first-order valence-electron chi connectivity index (χ1n) is 12.8. The molecule has 6 nitrogen and oxygen atoms in total. The molecule has 37 heavy (non-hydrogen) atoms. The molecule has 2 amide bonds. The van der Waals surface area contributed by atoms with E-state index in [-0.39, 0.29) is 17.9 Å². The lowest BCUT2D eigenvalue weighted by atomic mass is 9.81. The number of hydrogen-bond donors (Lipinski definition) is 3. The second-order valence-electron chi connectivity index (χ2n) is 9.64. The highest BCUT2D eigenvalue weighted by Crippen LogP contribution is 2.33. The number of carbonyl (C=O) groups is 2. The van der Waals surface area contributed by atoms with E-state index >= 15 is 0 Å². The molecule has 4 N–H and O–H groups in total. The van der Waals surface area contributed by atoms with Crippen molar-refractivity contribution in [3.8, 4) is 11.1 Å². The van der Waals surface area contributed by atoms with E-state index in [0.717, 1.165) is 47.9 Å². The largest absolute Gasteiger partial charge is 0.453 e. The summed E-state index contributed by atoms with van der Waals surface area (Å²) in [6.45, 7) is 0.693. The van der Waals surface area contributed by atoms with Gasteiger partial charge in [0.2, 0.25) is 5.91 Å². The van der Waals surface area contributed by atoms with E-state index in [2.05, 4.69) is 27.5 Å². The van der Waals surface area contributed by atoms with E-state index in [0.29, 0.717) is 29.6 Å². The van der Waals surface area contributed by atoms with Gasteiger partial charge in [0.05, 0.1) is 13.2 Å². The summed E-state index contributed by atoms with van der Waals surface area (Å²) in [5.41, 5.74) is 10.4. The third-order valence-corrected chi connectivity index (χ3v) is 7.50. The van der Waals surface area contributed by atoms with Crippen LogP contribution < -0.4 is 16.4 Å². The van der Waals surface area contributed by atoms with Gasteiger partial charge in [-0.15, -0.1) is 0 Å². The number of nitrogens with two attached hydrogens (primary N) is 1. The summed E-state index contributed by atoms with van der Waals surface area (Å²) in [5.74, 6) is 0.644. The summed E-state index contributed by atoms with van der Waals surface area (Å²) < 4.78 is 4.65. The fourth-order valence-corrected chi connectivity index (χ4v) is 5.16. The maximum absolute atomic E-state index is 13.3. The molecule has 3 aromatic rings. The van der Waals surface area contributed by atoms with Crippen molar-refractivity contribution in [2.45, 2.75) is 38.1 Å². The Bertz CT molecular complexity index is 1190. The molecule has 0 bridgehead atoms. The van der Waals surface area contributed by atoms with Crippen molar-refractivity contribution in [1.82, 2.24) is 5.32 Å². The van der Waals surface area contributed by atoms with Crippen LogP contribution in [0.1, 0.15) is 42.9 Å². The number of benzene rings is 3. The third kappa shape index (κ3) is 7.12. The zero-order valence-electron chi connectivity index (χ0n) is 21.1. The molecule has 1 fully saturated rings. The molecule has 0 aromatic heterocycles. The van der Waals surface area contributed by atoms with Gasteiger partial charge >= 0.3 is 6.09 Å². The first kappa shape index (κ1) is 26.7.